The van der Waals surface area contributed by atoms with E-state index in [9.17, 15) is 0 Å². The fourth-order valence-corrected chi connectivity index (χ4v) is 0.676. The summed E-state index contributed by atoms with van der Waals surface area (Å²) in [6.07, 6.45) is 7.11. The molecule has 0 bridgehead atoms. The lowest BCUT2D eigenvalue weighted by atomic mass is 10.4. The van der Waals surface area contributed by atoms with Gasteiger partial charge in [-0.25, -0.2) is 0 Å². The van der Waals surface area contributed by atoms with Crippen LogP contribution in [0.25, 0.3) is 0 Å². The van der Waals surface area contributed by atoms with E-state index in [1.54, 1.807) is 0 Å². The number of allylic oxidation sites excluding steroid dienone is 1. The Hall–Kier alpha value is -0.630. The molecule has 1 rings (SSSR count). The van der Waals surface area contributed by atoms with Gasteiger partial charge in [0.25, 0.3) is 0 Å². The van der Waals surface area contributed by atoms with Gasteiger partial charge in [-0.15, -0.1) is 0 Å². The largest absolute Gasteiger partial charge is 0.178 e. The Morgan fingerprint density at radius 1 is 1.50 bits per heavy atom. The minimum atomic E-state index is 0.639. The van der Waals surface area contributed by atoms with Crippen LogP contribution in [0.4, 0.5) is 0 Å². The predicted molar refractivity (Wildman–Crippen MR) is 34.4 cm³/mol. The first-order valence-electron chi connectivity index (χ1n) is 2.76. The first-order valence-corrected chi connectivity index (χ1v) is 2.76. The molecule has 2 nitrogen and oxygen atoms in total. The third-order valence-corrected chi connectivity index (χ3v) is 1.09. The summed E-state index contributed by atoms with van der Waals surface area (Å²) in [5, 5.41) is 4.19. The van der Waals surface area contributed by atoms with Crippen molar-refractivity contribution >= 4 is 6.21 Å². The Labute approximate surface area is 49.7 Å². The maximum atomic E-state index is 4.19. The zero-order chi connectivity index (χ0) is 6.04. The molecule has 1 aliphatic heterocycles. The van der Waals surface area contributed by atoms with Gasteiger partial charge in [0.05, 0.1) is 20.3 Å². The minimum Gasteiger partial charge on any atom is -0.178 e. The zero-order valence-electron chi connectivity index (χ0n) is 5.33. The van der Waals surface area contributed by atoms with E-state index in [0.717, 1.165) is 6.42 Å². The van der Waals surface area contributed by atoms with E-state index in [1.165, 1.54) is 0 Å². The molecule has 2 heteroatoms. The molecule has 0 aromatic carbocycles. The number of nitrogens with zero attached hydrogens (tertiary/aromatic N) is 2. The van der Waals surface area contributed by atoms with Gasteiger partial charge in [-0.2, -0.15) is 4.59 Å². The molecular weight excluding hydrogens is 100 g/mol. The average molecular weight is 111 g/mol. The van der Waals surface area contributed by atoms with E-state index < -0.39 is 0 Å². The van der Waals surface area contributed by atoms with E-state index in [0.29, 0.717) is 4.59 Å². The Bertz CT molecular complexity index is 119. The second kappa shape index (κ2) is 1.71. The smallest absolute Gasteiger partial charge is 0.118 e. The van der Waals surface area contributed by atoms with Crippen molar-refractivity contribution in [1.29, 1.82) is 0 Å². The molecule has 0 N–H and O–H groups in total. The predicted octanol–water partition coefficient (Wildman–Crippen LogP) is 0.966. The third-order valence-electron chi connectivity index (χ3n) is 1.09. The van der Waals surface area contributed by atoms with Crippen molar-refractivity contribution in [2.24, 2.45) is 5.10 Å². The van der Waals surface area contributed by atoms with Crippen LogP contribution in [-0.2, 0) is 0 Å². The van der Waals surface area contributed by atoms with Gasteiger partial charge in [-0.1, -0.05) is 5.10 Å². The molecule has 0 aliphatic carbocycles. The quantitative estimate of drug-likeness (QED) is 0.413. The normalized spacial score (nSPS) is 23.8. The lowest BCUT2D eigenvalue weighted by molar-refractivity contribution is -0.846. The molecular formula is C6H11N2+. The van der Waals surface area contributed by atoms with E-state index in [2.05, 4.69) is 17.4 Å². The number of hydrogen-bond donors (Lipinski definition) is 0. The standard InChI is InChI=1S/C6H11N2/c1-8(2)6-4-3-5-7-8/h4-6H,3H2,1-2H3/q+1. The molecule has 44 valence electrons. The molecule has 8 heavy (non-hydrogen) atoms. The highest BCUT2D eigenvalue weighted by Gasteiger charge is 2.08. The Balaban J connectivity index is 2.69. The zero-order valence-corrected chi connectivity index (χ0v) is 5.33. The van der Waals surface area contributed by atoms with Crippen LogP contribution >= 0.6 is 0 Å². The average Bonchev–Trinajstić information content (AvgIpc) is 1.65. The van der Waals surface area contributed by atoms with Gasteiger partial charge in [0.2, 0.25) is 0 Å². The van der Waals surface area contributed by atoms with E-state index in [-0.39, 0.29) is 0 Å². The number of rotatable bonds is 0. The van der Waals surface area contributed by atoms with Crippen molar-refractivity contribution in [1.82, 2.24) is 0 Å². The van der Waals surface area contributed by atoms with Crippen LogP contribution in [-0.4, -0.2) is 24.9 Å². The topological polar surface area (TPSA) is 12.4 Å². The first-order chi connectivity index (χ1) is 3.71. The van der Waals surface area contributed by atoms with Crippen molar-refractivity contribution in [3.05, 3.63) is 12.3 Å². The van der Waals surface area contributed by atoms with E-state index in [1.807, 2.05) is 20.3 Å². The summed E-state index contributed by atoms with van der Waals surface area (Å²) in [4.78, 5) is 0. The van der Waals surface area contributed by atoms with Crippen LogP contribution in [0.2, 0.25) is 0 Å². The molecule has 0 radical (unpaired) electrons. The van der Waals surface area contributed by atoms with Gasteiger partial charge in [0, 0.05) is 6.42 Å². The molecule has 1 heterocycles. The van der Waals surface area contributed by atoms with E-state index >= 15 is 0 Å². The van der Waals surface area contributed by atoms with Gasteiger partial charge in [0.1, 0.15) is 6.20 Å². The van der Waals surface area contributed by atoms with Crippen LogP contribution in [0.1, 0.15) is 6.42 Å². The molecule has 0 saturated heterocycles. The van der Waals surface area contributed by atoms with Gasteiger partial charge in [0.15, 0.2) is 0 Å². The van der Waals surface area contributed by atoms with Gasteiger partial charge >= 0.3 is 0 Å². The molecule has 0 spiro atoms. The van der Waals surface area contributed by atoms with Crippen LogP contribution in [0.5, 0.6) is 0 Å². The molecule has 0 atom stereocenters. The van der Waals surface area contributed by atoms with Crippen molar-refractivity contribution in [3.63, 3.8) is 0 Å². The van der Waals surface area contributed by atoms with Gasteiger partial charge in [-0.05, 0) is 6.08 Å². The summed E-state index contributed by atoms with van der Waals surface area (Å²) in [6, 6.07) is 0. The molecule has 0 aromatic rings. The molecule has 0 saturated carbocycles. The first kappa shape index (κ1) is 5.51. The van der Waals surface area contributed by atoms with E-state index in [4.69, 9.17) is 0 Å². The molecule has 0 unspecified atom stereocenters. The molecule has 1 aliphatic rings. The van der Waals surface area contributed by atoms with Crippen molar-refractivity contribution < 1.29 is 4.59 Å². The second-order valence-corrected chi connectivity index (χ2v) is 2.40. The second-order valence-electron chi connectivity index (χ2n) is 2.40. The maximum absolute atomic E-state index is 4.19. The van der Waals surface area contributed by atoms with Gasteiger partial charge < -0.3 is 0 Å². The lowest BCUT2D eigenvalue weighted by Gasteiger charge is -2.17. The Morgan fingerprint density at radius 2 is 2.25 bits per heavy atom. The Kier molecular flexibility index (Phi) is 1.18. The highest BCUT2D eigenvalue weighted by Crippen LogP contribution is 2.03. The summed E-state index contributed by atoms with van der Waals surface area (Å²) in [5.41, 5.74) is 0. The summed E-state index contributed by atoms with van der Waals surface area (Å²) in [7, 11) is 4.07. The SMILES string of the molecule is C[N+]1(C)C=CCC=N1. The highest BCUT2D eigenvalue weighted by atomic mass is 15.6. The van der Waals surface area contributed by atoms with Crippen LogP contribution in [0.3, 0.4) is 0 Å². The number of hydrogen-bond acceptors (Lipinski definition) is 1. The van der Waals surface area contributed by atoms with Crippen molar-refractivity contribution in [2.75, 3.05) is 14.1 Å². The van der Waals surface area contributed by atoms with Crippen molar-refractivity contribution in [3.8, 4) is 0 Å². The highest BCUT2D eigenvalue weighted by molar-refractivity contribution is 5.59. The van der Waals surface area contributed by atoms with Crippen LogP contribution in [0.15, 0.2) is 17.4 Å². The minimum absolute atomic E-state index is 0.639. The third kappa shape index (κ3) is 1.17. The summed E-state index contributed by atoms with van der Waals surface area (Å²) >= 11 is 0. The fraction of sp³-hybridized carbons (Fsp3) is 0.500. The summed E-state index contributed by atoms with van der Waals surface area (Å²) in [6.45, 7) is 0. The number of quaternary nitrogens is 1. The van der Waals surface area contributed by atoms with Crippen molar-refractivity contribution in [2.45, 2.75) is 6.42 Å². The molecule has 0 aromatic heterocycles. The Morgan fingerprint density at radius 3 is 2.50 bits per heavy atom. The monoisotopic (exact) mass is 111 g/mol. The summed E-state index contributed by atoms with van der Waals surface area (Å²) in [5.74, 6) is 0. The van der Waals surface area contributed by atoms with Crippen LogP contribution < -0.4 is 0 Å². The molecule has 0 amide bonds. The lowest BCUT2D eigenvalue weighted by Crippen LogP contribution is -2.27. The van der Waals surface area contributed by atoms with Crippen LogP contribution in [0, 0.1) is 0 Å². The fourth-order valence-electron chi connectivity index (χ4n) is 0.676. The summed E-state index contributed by atoms with van der Waals surface area (Å²) < 4.78 is 0.639. The van der Waals surface area contributed by atoms with Gasteiger partial charge in [-0.3, -0.25) is 0 Å². The maximum Gasteiger partial charge on any atom is 0.118 e. The molecule has 0 fully saturated rings.